The van der Waals surface area contributed by atoms with Gasteiger partial charge in [-0.05, 0) is 36.8 Å². The lowest BCUT2D eigenvalue weighted by atomic mass is 10.1. The monoisotopic (exact) mass is 348 g/mol. The highest BCUT2D eigenvalue weighted by Crippen LogP contribution is 2.32. The van der Waals surface area contributed by atoms with Gasteiger partial charge >= 0.3 is 0 Å². The molecule has 1 heterocycles. The van der Waals surface area contributed by atoms with Gasteiger partial charge in [-0.1, -0.05) is 33.2 Å². The van der Waals surface area contributed by atoms with E-state index in [2.05, 4.69) is 26.1 Å². The lowest BCUT2D eigenvalue weighted by Gasteiger charge is -2.01. The van der Waals surface area contributed by atoms with Crippen LogP contribution in [0.25, 0.3) is 22.8 Å². The van der Waals surface area contributed by atoms with Crippen molar-refractivity contribution in [3.05, 3.63) is 52.3 Å². The third kappa shape index (κ3) is 2.67. The van der Waals surface area contributed by atoms with Crippen molar-refractivity contribution in [2.75, 3.05) is 0 Å². The highest BCUT2D eigenvalue weighted by atomic mass is 79.9. The third-order valence-electron chi connectivity index (χ3n) is 3.01. The van der Waals surface area contributed by atoms with Crippen LogP contribution in [-0.2, 0) is 0 Å². The molecular weight excluding hydrogens is 339 g/mol. The van der Waals surface area contributed by atoms with Gasteiger partial charge in [0.25, 0.3) is 5.89 Å². The molecule has 3 aromatic rings. The summed E-state index contributed by atoms with van der Waals surface area (Å²) in [4.78, 5) is 4.21. The lowest BCUT2D eigenvalue weighted by molar-refractivity contribution is 0.425. The molecule has 0 unspecified atom stereocenters. The number of rotatable bonds is 2. The number of benzene rings is 2. The predicted molar refractivity (Wildman–Crippen MR) is 79.2 cm³/mol. The molecule has 0 fully saturated rings. The van der Waals surface area contributed by atoms with E-state index >= 15 is 0 Å². The number of hydrogen-bond acceptors (Lipinski definition) is 4. The van der Waals surface area contributed by atoms with Crippen LogP contribution in [0.2, 0.25) is 0 Å². The van der Waals surface area contributed by atoms with E-state index in [1.54, 1.807) is 31.2 Å². The standard InChI is InChI=1S/C15H10BrFN2O2/c1-8-3-2-4-12(13(8)20)15-18-14(19-21-15)9-5-10(16)7-11(17)6-9/h2-7,20H,1H3. The highest BCUT2D eigenvalue weighted by Gasteiger charge is 2.15. The molecule has 0 aliphatic heterocycles. The maximum atomic E-state index is 13.4. The number of phenolic OH excluding ortho intramolecular Hbond substituents is 1. The van der Waals surface area contributed by atoms with Crippen LogP contribution in [0.15, 0.2) is 45.4 Å². The van der Waals surface area contributed by atoms with E-state index in [0.717, 1.165) is 0 Å². The Morgan fingerprint density at radius 3 is 2.81 bits per heavy atom. The van der Waals surface area contributed by atoms with Gasteiger partial charge in [0.05, 0.1) is 5.56 Å². The minimum atomic E-state index is -0.399. The molecule has 21 heavy (non-hydrogen) atoms. The van der Waals surface area contributed by atoms with E-state index in [4.69, 9.17) is 4.52 Å². The van der Waals surface area contributed by atoms with E-state index in [9.17, 15) is 9.50 Å². The van der Waals surface area contributed by atoms with Gasteiger partial charge in [0.1, 0.15) is 11.6 Å². The molecule has 0 atom stereocenters. The Morgan fingerprint density at radius 1 is 1.24 bits per heavy atom. The first-order valence-electron chi connectivity index (χ1n) is 6.14. The second-order valence-electron chi connectivity index (χ2n) is 4.55. The van der Waals surface area contributed by atoms with Crippen molar-refractivity contribution in [1.29, 1.82) is 0 Å². The van der Waals surface area contributed by atoms with Crippen LogP contribution in [0, 0.1) is 12.7 Å². The zero-order valence-electron chi connectivity index (χ0n) is 11.0. The highest BCUT2D eigenvalue weighted by molar-refractivity contribution is 9.10. The molecule has 1 aromatic heterocycles. The fourth-order valence-electron chi connectivity index (χ4n) is 1.96. The Kier molecular flexibility index (Phi) is 3.47. The van der Waals surface area contributed by atoms with Crippen molar-refractivity contribution in [2.45, 2.75) is 6.92 Å². The van der Waals surface area contributed by atoms with Crippen LogP contribution in [0.3, 0.4) is 0 Å². The fraction of sp³-hybridized carbons (Fsp3) is 0.0667. The molecule has 0 saturated carbocycles. The summed E-state index contributed by atoms with van der Waals surface area (Å²) in [7, 11) is 0. The van der Waals surface area contributed by atoms with Crippen molar-refractivity contribution in [2.24, 2.45) is 0 Å². The van der Waals surface area contributed by atoms with E-state index in [-0.39, 0.29) is 17.5 Å². The first-order chi connectivity index (χ1) is 10.0. The number of phenols is 1. The van der Waals surface area contributed by atoms with Crippen LogP contribution in [-0.4, -0.2) is 15.2 Å². The number of para-hydroxylation sites is 1. The Morgan fingerprint density at radius 2 is 2.05 bits per heavy atom. The zero-order valence-corrected chi connectivity index (χ0v) is 12.6. The molecule has 0 aliphatic carbocycles. The average Bonchev–Trinajstić information content (AvgIpc) is 2.90. The number of nitrogens with zero attached hydrogens (tertiary/aromatic N) is 2. The van der Waals surface area contributed by atoms with Crippen LogP contribution in [0.4, 0.5) is 4.39 Å². The molecule has 0 bridgehead atoms. The molecule has 1 N–H and O–H groups in total. The quantitative estimate of drug-likeness (QED) is 0.749. The number of aryl methyl sites for hydroxylation is 1. The van der Waals surface area contributed by atoms with Crippen molar-refractivity contribution in [3.8, 4) is 28.6 Å². The Balaban J connectivity index is 2.06. The van der Waals surface area contributed by atoms with Crippen LogP contribution < -0.4 is 0 Å². The molecule has 0 aliphatic rings. The Hall–Kier alpha value is -2.21. The first-order valence-corrected chi connectivity index (χ1v) is 6.93. The predicted octanol–water partition coefficient (Wildman–Crippen LogP) is 4.32. The molecule has 106 valence electrons. The minimum Gasteiger partial charge on any atom is -0.507 e. The van der Waals surface area contributed by atoms with Crippen LogP contribution in [0.1, 0.15) is 5.56 Å². The molecule has 0 radical (unpaired) electrons. The number of aromatic nitrogens is 2. The summed E-state index contributed by atoms with van der Waals surface area (Å²) in [5, 5.41) is 13.9. The summed E-state index contributed by atoms with van der Waals surface area (Å²) >= 11 is 3.22. The minimum absolute atomic E-state index is 0.0909. The topological polar surface area (TPSA) is 59.2 Å². The van der Waals surface area contributed by atoms with Crippen LogP contribution >= 0.6 is 15.9 Å². The van der Waals surface area contributed by atoms with Crippen molar-refractivity contribution in [1.82, 2.24) is 10.1 Å². The third-order valence-corrected chi connectivity index (χ3v) is 3.47. The summed E-state index contributed by atoms with van der Waals surface area (Å²) in [6.07, 6.45) is 0. The average molecular weight is 349 g/mol. The summed E-state index contributed by atoms with van der Waals surface area (Å²) < 4.78 is 19.2. The zero-order chi connectivity index (χ0) is 15.0. The molecule has 0 saturated heterocycles. The van der Waals surface area contributed by atoms with Gasteiger partial charge in [0.15, 0.2) is 0 Å². The molecular formula is C15H10BrFN2O2. The normalized spacial score (nSPS) is 10.8. The van der Waals surface area contributed by atoms with Gasteiger partial charge < -0.3 is 9.63 Å². The second kappa shape index (κ2) is 5.29. The van der Waals surface area contributed by atoms with Crippen molar-refractivity contribution < 1.29 is 14.0 Å². The van der Waals surface area contributed by atoms with Gasteiger partial charge in [-0.2, -0.15) is 4.98 Å². The molecule has 0 spiro atoms. The summed E-state index contributed by atoms with van der Waals surface area (Å²) in [6, 6.07) is 9.59. The maximum absolute atomic E-state index is 13.4. The van der Waals surface area contributed by atoms with Crippen molar-refractivity contribution in [3.63, 3.8) is 0 Å². The molecule has 6 heteroatoms. The van der Waals surface area contributed by atoms with E-state index in [1.165, 1.54) is 12.1 Å². The summed E-state index contributed by atoms with van der Waals surface area (Å²) in [5.41, 5.74) is 1.65. The van der Waals surface area contributed by atoms with Gasteiger partial charge in [0, 0.05) is 10.0 Å². The summed E-state index contributed by atoms with van der Waals surface area (Å²) in [6.45, 7) is 1.78. The van der Waals surface area contributed by atoms with E-state index in [0.29, 0.717) is 21.2 Å². The van der Waals surface area contributed by atoms with Crippen molar-refractivity contribution >= 4 is 15.9 Å². The molecule has 4 nitrogen and oxygen atoms in total. The lowest BCUT2D eigenvalue weighted by Crippen LogP contribution is -1.85. The Bertz CT molecular complexity index is 797. The SMILES string of the molecule is Cc1cccc(-c2nc(-c3cc(F)cc(Br)c3)no2)c1O. The number of aromatic hydroxyl groups is 1. The van der Waals surface area contributed by atoms with Gasteiger partial charge in [-0.3, -0.25) is 0 Å². The molecule has 2 aromatic carbocycles. The van der Waals surface area contributed by atoms with Gasteiger partial charge in [-0.25, -0.2) is 4.39 Å². The molecule has 3 rings (SSSR count). The fourth-order valence-corrected chi connectivity index (χ4v) is 2.43. The number of hydrogen-bond donors (Lipinski definition) is 1. The van der Waals surface area contributed by atoms with E-state index < -0.39 is 5.82 Å². The van der Waals surface area contributed by atoms with Crippen LogP contribution in [0.5, 0.6) is 5.75 Å². The van der Waals surface area contributed by atoms with Gasteiger partial charge in [0.2, 0.25) is 5.82 Å². The largest absolute Gasteiger partial charge is 0.507 e. The smallest absolute Gasteiger partial charge is 0.262 e. The molecule has 0 amide bonds. The maximum Gasteiger partial charge on any atom is 0.262 e. The first kappa shape index (κ1) is 13.8. The second-order valence-corrected chi connectivity index (χ2v) is 5.47. The van der Waals surface area contributed by atoms with E-state index in [1.807, 2.05) is 0 Å². The van der Waals surface area contributed by atoms with Gasteiger partial charge in [-0.15, -0.1) is 0 Å². The summed E-state index contributed by atoms with van der Waals surface area (Å²) in [5.74, 6) is 0.134. The Labute approximate surface area is 128 Å². The number of halogens is 2.